The quantitative estimate of drug-likeness (QED) is 0.807. The molecule has 3 nitrogen and oxygen atoms in total. The van der Waals surface area contributed by atoms with Crippen molar-refractivity contribution in [2.24, 2.45) is 0 Å². The van der Waals surface area contributed by atoms with Crippen molar-refractivity contribution in [3.63, 3.8) is 0 Å². The highest BCUT2D eigenvalue weighted by atomic mass is 32.2. The predicted molar refractivity (Wildman–Crippen MR) is 65.6 cm³/mol. The molecule has 4 heteroatoms. The van der Waals surface area contributed by atoms with E-state index >= 15 is 0 Å². The van der Waals surface area contributed by atoms with E-state index in [1.54, 1.807) is 0 Å². The Kier molecular flexibility index (Phi) is 4.53. The van der Waals surface area contributed by atoms with Crippen LogP contribution in [0.2, 0.25) is 0 Å². The second kappa shape index (κ2) is 5.71. The van der Waals surface area contributed by atoms with Crippen LogP contribution in [-0.4, -0.2) is 41.2 Å². The van der Waals surface area contributed by atoms with Crippen LogP contribution in [0.5, 0.6) is 0 Å². The zero-order valence-electron chi connectivity index (χ0n) is 9.98. The van der Waals surface area contributed by atoms with Crippen LogP contribution in [0.4, 0.5) is 0 Å². The summed E-state index contributed by atoms with van der Waals surface area (Å²) in [5.41, 5.74) is 0. The second-order valence-corrected chi connectivity index (χ2v) is 6.30. The van der Waals surface area contributed by atoms with Gasteiger partial charge in [0.15, 0.2) is 5.79 Å². The standard InChI is InChI=1S/C12H22O3S/c1-10(4-7-13)16-9-11-8-14-12(15-11)5-2-3-6-12/h10-11,13H,2-9H2,1H3. The number of ether oxygens (including phenoxy) is 2. The fourth-order valence-corrected chi connectivity index (χ4v) is 3.39. The van der Waals surface area contributed by atoms with Crippen LogP contribution in [-0.2, 0) is 9.47 Å². The molecule has 1 heterocycles. The van der Waals surface area contributed by atoms with Gasteiger partial charge in [0.25, 0.3) is 0 Å². The van der Waals surface area contributed by atoms with E-state index in [1.165, 1.54) is 12.8 Å². The Bertz CT molecular complexity index is 216. The van der Waals surface area contributed by atoms with Gasteiger partial charge in [0, 0.05) is 30.5 Å². The molecule has 1 aliphatic carbocycles. The Morgan fingerprint density at radius 3 is 2.88 bits per heavy atom. The molecule has 1 N–H and O–H groups in total. The fourth-order valence-electron chi connectivity index (χ4n) is 2.41. The third-order valence-electron chi connectivity index (χ3n) is 3.38. The van der Waals surface area contributed by atoms with E-state index in [0.29, 0.717) is 5.25 Å². The lowest BCUT2D eigenvalue weighted by molar-refractivity contribution is -0.159. The third kappa shape index (κ3) is 3.13. The molecule has 0 bridgehead atoms. The summed E-state index contributed by atoms with van der Waals surface area (Å²) in [6.45, 7) is 3.18. The molecular formula is C12H22O3S. The first-order chi connectivity index (χ1) is 7.74. The van der Waals surface area contributed by atoms with Gasteiger partial charge in [-0.25, -0.2) is 0 Å². The number of thioether (sulfide) groups is 1. The van der Waals surface area contributed by atoms with Crippen LogP contribution in [0, 0.1) is 0 Å². The van der Waals surface area contributed by atoms with Crippen molar-refractivity contribution in [3.8, 4) is 0 Å². The molecule has 1 aliphatic heterocycles. The summed E-state index contributed by atoms with van der Waals surface area (Å²) in [7, 11) is 0. The van der Waals surface area contributed by atoms with Crippen LogP contribution >= 0.6 is 11.8 Å². The van der Waals surface area contributed by atoms with Crippen LogP contribution in [0.3, 0.4) is 0 Å². The lowest BCUT2D eigenvalue weighted by Gasteiger charge is -2.22. The Balaban J connectivity index is 1.68. The van der Waals surface area contributed by atoms with E-state index in [2.05, 4.69) is 6.92 Å². The van der Waals surface area contributed by atoms with Crippen molar-refractivity contribution in [1.29, 1.82) is 0 Å². The van der Waals surface area contributed by atoms with Crippen molar-refractivity contribution in [2.75, 3.05) is 19.0 Å². The molecule has 2 rings (SSSR count). The Hall–Kier alpha value is 0.230. The van der Waals surface area contributed by atoms with Gasteiger partial charge in [-0.15, -0.1) is 0 Å². The topological polar surface area (TPSA) is 38.7 Å². The van der Waals surface area contributed by atoms with Crippen molar-refractivity contribution in [2.45, 2.75) is 56.2 Å². The first-order valence-corrected chi connectivity index (χ1v) is 7.33. The zero-order valence-corrected chi connectivity index (χ0v) is 10.8. The number of rotatable bonds is 5. The molecule has 2 aliphatic rings. The molecule has 0 aromatic carbocycles. The van der Waals surface area contributed by atoms with Gasteiger partial charge in [0.05, 0.1) is 12.7 Å². The summed E-state index contributed by atoms with van der Waals surface area (Å²) in [4.78, 5) is 0. The maximum absolute atomic E-state index is 8.83. The average Bonchev–Trinajstić information content (AvgIpc) is 2.88. The minimum Gasteiger partial charge on any atom is -0.396 e. The van der Waals surface area contributed by atoms with Gasteiger partial charge in [-0.3, -0.25) is 0 Å². The van der Waals surface area contributed by atoms with E-state index in [9.17, 15) is 0 Å². The van der Waals surface area contributed by atoms with Crippen LogP contribution in [0.1, 0.15) is 39.0 Å². The van der Waals surface area contributed by atoms with Crippen molar-refractivity contribution >= 4 is 11.8 Å². The summed E-state index contributed by atoms with van der Waals surface area (Å²) in [5.74, 6) is 0.772. The van der Waals surface area contributed by atoms with E-state index in [0.717, 1.165) is 31.6 Å². The van der Waals surface area contributed by atoms with E-state index in [4.69, 9.17) is 14.6 Å². The normalized spacial score (nSPS) is 30.0. The SMILES string of the molecule is CC(CCO)SCC1COC2(CCCC2)O1. The van der Waals surface area contributed by atoms with Crippen molar-refractivity contribution in [3.05, 3.63) is 0 Å². The molecule has 0 aromatic rings. The third-order valence-corrected chi connectivity index (χ3v) is 4.75. The number of aliphatic hydroxyl groups is 1. The maximum Gasteiger partial charge on any atom is 0.168 e. The Labute approximate surface area is 102 Å². The zero-order chi connectivity index (χ0) is 11.4. The molecule has 2 unspecified atom stereocenters. The first-order valence-electron chi connectivity index (χ1n) is 6.28. The monoisotopic (exact) mass is 246 g/mol. The van der Waals surface area contributed by atoms with E-state index in [-0.39, 0.29) is 18.5 Å². The highest BCUT2D eigenvalue weighted by molar-refractivity contribution is 7.99. The van der Waals surface area contributed by atoms with Gasteiger partial charge in [-0.05, 0) is 19.3 Å². The first kappa shape index (κ1) is 12.7. The van der Waals surface area contributed by atoms with Gasteiger partial charge in [-0.1, -0.05) is 6.92 Å². The molecule has 0 amide bonds. The second-order valence-electron chi connectivity index (χ2n) is 4.82. The predicted octanol–water partition coefficient (Wildman–Crippen LogP) is 2.18. The summed E-state index contributed by atoms with van der Waals surface area (Å²) in [5, 5.41) is 9.33. The minimum absolute atomic E-state index is 0.217. The molecule has 0 radical (unpaired) electrons. The molecule has 2 atom stereocenters. The largest absolute Gasteiger partial charge is 0.396 e. The summed E-state index contributed by atoms with van der Waals surface area (Å²) in [6.07, 6.45) is 5.73. The minimum atomic E-state index is -0.217. The smallest absolute Gasteiger partial charge is 0.168 e. The molecule has 1 spiro atoms. The van der Waals surface area contributed by atoms with Crippen LogP contribution in [0.25, 0.3) is 0 Å². The molecule has 2 fully saturated rings. The van der Waals surface area contributed by atoms with Crippen molar-refractivity contribution in [1.82, 2.24) is 0 Å². The summed E-state index contributed by atoms with van der Waals surface area (Å²) >= 11 is 1.88. The molecule has 1 saturated heterocycles. The molecule has 16 heavy (non-hydrogen) atoms. The van der Waals surface area contributed by atoms with Gasteiger partial charge < -0.3 is 14.6 Å². The van der Waals surface area contributed by atoms with Gasteiger partial charge in [-0.2, -0.15) is 11.8 Å². The Morgan fingerprint density at radius 2 is 2.19 bits per heavy atom. The average molecular weight is 246 g/mol. The highest BCUT2D eigenvalue weighted by Gasteiger charge is 2.43. The van der Waals surface area contributed by atoms with Gasteiger partial charge in [0.1, 0.15) is 0 Å². The van der Waals surface area contributed by atoms with E-state index < -0.39 is 0 Å². The van der Waals surface area contributed by atoms with Crippen LogP contribution < -0.4 is 0 Å². The summed E-state index contributed by atoms with van der Waals surface area (Å²) in [6, 6.07) is 0. The van der Waals surface area contributed by atoms with Gasteiger partial charge in [0.2, 0.25) is 0 Å². The Morgan fingerprint density at radius 1 is 1.44 bits per heavy atom. The number of hydrogen-bond acceptors (Lipinski definition) is 4. The number of hydrogen-bond donors (Lipinski definition) is 1. The highest BCUT2D eigenvalue weighted by Crippen LogP contribution is 2.39. The fraction of sp³-hybridized carbons (Fsp3) is 1.00. The lowest BCUT2D eigenvalue weighted by Crippen LogP contribution is -2.27. The van der Waals surface area contributed by atoms with Crippen molar-refractivity contribution < 1.29 is 14.6 Å². The lowest BCUT2D eigenvalue weighted by atomic mass is 10.2. The molecule has 94 valence electrons. The van der Waals surface area contributed by atoms with Gasteiger partial charge >= 0.3 is 0 Å². The maximum atomic E-state index is 8.83. The summed E-state index contributed by atoms with van der Waals surface area (Å²) < 4.78 is 11.9. The number of aliphatic hydroxyl groups excluding tert-OH is 1. The van der Waals surface area contributed by atoms with Crippen LogP contribution in [0.15, 0.2) is 0 Å². The molecule has 0 aromatic heterocycles. The van der Waals surface area contributed by atoms with E-state index in [1.807, 2.05) is 11.8 Å². The molecular weight excluding hydrogens is 224 g/mol. The molecule has 1 saturated carbocycles.